The largest absolute Gasteiger partial charge is 0.507 e. The number of ether oxygens (including phenoxy) is 4. The van der Waals surface area contributed by atoms with Crippen LogP contribution in [0.1, 0.15) is 96.6 Å². The predicted octanol–water partition coefficient (Wildman–Crippen LogP) is 6.09. The van der Waals surface area contributed by atoms with Crippen LogP contribution in [0.3, 0.4) is 0 Å². The third-order valence-corrected chi connectivity index (χ3v) is 10.4. The van der Waals surface area contributed by atoms with Gasteiger partial charge in [0.15, 0.2) is 17.0 Å². The van der Waals surface area contributed by atoms with E-state index in [4.69, 9.17) is 18.9 Å². The molecule has 1 aromatic carbocycles. The normalized spacial score (nSPS) is 34.6. The van der Waals surface area contributed by atoms with Crippen LogP contribution in [0.4, 0.5) is 0 Å². The fourth-order valence-electron chi connectivity index (χ4n) is 7.98. The molecule has 7 rings (SSSR count). The van der Waals surface area contributed by atoms with E-state index >= 15 is 0 Å². The van der Waals surface area contributed by atoms with Gasteiger partial charge in [0.2, 0.25) is 5.78 Å². The number of benzene rings is 1. The summed E-state index contributed by atoms with van der Waals surface area (Å²) in [4.78, 5) is 29.4. The number of phenolic OH excluding ortho intramolecular Hbond substituents is 1. The molecule has 7 nitrogen and oxygen atoms in total. The third kappa shape index (κ3) is 3.22. The van der Waals surface area contributed by atoms with Gasteiger partial charge in [-0.25, -0.2) is 0 Å². The molecule has 6 aliphatic rings. The molecule has 7 heteroatoms. The van der Waals surface area contributed by atoms with Gasteiger partial charge in [-0.2, -0.15) is 0 Å². The zero-order chi connectivity index (χ0) is 30.1. The van der Waals surface area contributed by atoms with Gasteiger partial charge in [0.1, 0.15) is 34.5 Å². The second kappa shape index (κ2) is 8.35. The van der Waals surface area contributed by atoms with Crippen molar-refractivity contribution in [3.05, 3.63) is 51.6 Å². The summed E-state index contributed by atoms with van der Waals surface area (Å²) in [6.45, 7) is 18.0. The van der Waals surface area contributed by atoms with Crippen LogP contribution < -0.4 is 9.47 Å². The second-order valence-corrected chi connectivity index (χ2v) is 14.1. The number of Topliss-reactive ketones (excluding diaryl/α,β-unsaturated/α-hetero) is 2. The average molecular weight is 563 g/mol. The smallest absolute Gasteiger partial charge is 0.205 e. The number of methoxy groups -OCH3 is 1. The highest BCUT2D eigenvalue weighted by molar-refractivity contribution is 6.20. The summed E-state index contributed by atoms with van der Waals surface area (Å²) in [5.74, 6) is -0.197. The minimum atomic E-state index is -1.48. The maximum Gasteiger partial charge on any atom is 0.205 e. The molecule has 1 spiro atoms. The van der Waals surface area contributed by atoms with Gasteiger partial charge in [0.25, 0.3) is 0 Å². The van der Waals surface area contributed by atoms with Crippen molar-refractivity contribution in [3.8, 4) is 17.2 Å². The van der Waals surface area contributed by atoms with Gasteiger partial charge in [0, 0.05) is 41.6 Å². The van der Waals surface area contributed by atoms with E-state index in [1.165, 1.54) is 7.11 Å². The van der Waals surface area contributed by atoms with Gasteiger partial charge < -0.3 is 24.1 Å². The van der Waals surface area contributed by atoms with Crippen LogP contribution in [0.2, 0.25) is 0 Å². The minimum absolute atomic E-state index is 0.129. The molecule has 4 bridgehead atoms. The van der Waals surface area contributed by atoms with Gasteiger partial charge in [-0.1, -0.05) is 37.1 Å². The Labute approximate surface area is 242 Å². The van der Waals surface area contributed by atoms with Gasteiger partial charge in [-0.15, -0.1) is 0 Å². The van der Waals surface area contributed by atoms with Crippen LogP contribution in [-0.2, 0) is 26.1 Å². The average Bonchev–Trinajstić information content (AvgIpc) is 3.21. The van der Waals surface area contributed by atoms with E-state index in [1.54, 1.807) is 6.08 Å². The first-order valence-corrected chi connectivity index (χ1v) is 14.6. The Morgan fingerprint density at radius 1 is 1.07 bits per heavy atom. The Morgan fingerprint density at radius 2 is 1.73 bits per heavy atom. The van der Waals surface area contributed by atoms with Crippen molar-refractivity contribution in [1.29, 1.82) is 0 Å². The molecule has 0 amide bonds. The summed E-state index contributed by atoms with van der Waals surface area (Å²) < 4.78 is 26.4. The van der Waals surface area contributed by atoms with Crippen LogP contribution in [0, 0.1) is 5.92 Å². The molecule has 2 fully saturated rings. The number of carbonyl (C=O) groups is 2. The fourth-order valence-corrected chi connectivity index (χ4v) is 7.98. The number of fused-ring (bicyclic) bond motifs is 3. The lowest BCUT2D eigenvalue weighted by atomic mass is 9.49. The predicted molar refractivity (Wildman–Crippen MR) is 155 cm³/mol. The third-order valence-electron chi connectivity index (χ3n) is 10.4. The molecule has 0 aromatic heterocycles. The van der Waals surface area contributed by atoms with Gasteiger partial charge in [-0.05, 0) is 67.4 Å². The number of hydrogen-bond acceptors (Lipinski definition) is 7. The van der Waals surface area contributed by atoms with Crippen LogP contribution in [-0.4, -0.2) is 52.3 Å². The minimum Gasteiger partial charge on any atom is -0.507 e. The van der Waals surface area contributed by atoms with Gasteiger partial charge in [-0.3, -0.25) is 9.59 Å². The number of hydrogen-bond donors (Lipinski definition) is 1. The number of ketones is 2. The molecule has 1 N–H and O–H groups in total. The summed E-state index contributed by atoms with van der Waals surface area (Å²) in [5.41, 5.74) is -1.60. The topological polar surface area (TPSA) is 91.3 Å². The van der Waals surface area contributed by atoms with Crippen molar-refractivity contribution < 1.29 is 33.6 Å². The fraction of sp³-hybridized carbons (Fsp3) is 0.588. The Kier molecular flexibility index (Phi) is 5.75. The maximum atomic E-state index is 14.8. The van der Waals surface area contributed by atoms with E-state index in [2.05, 4.69) is 13.8 Å². The first-order chi connectivity index (χ1) is 19.0. The number of aromatic hydroxyl groups is 1. The summed E-state index contributed by atoms with van der Waals surface area (Å²) in [5, 5.41) is 11.8. The summed E-state index contributed by atoms with van der Waals surface area (Å²) in [6, 6.07) is 0. The van der Waals surface area contributed by atoms with Crippen molar-refractivity contribution in [2.24, 2.45) is 5.92 Å². The highest BCUT2D eigenvalue weighted by Gasteiger charge is 2.84. The Balaban J connectivity index is 1.71. The molecule has 1 saturated heterocycles. The molecule has 41 heavy (non-hydrogen) atoms. The van der Waals surface area contributed by atoms with Gasteiger partial charge >= 0.3 is 0 Å². The molecular formula is C34H42O7. The molecule has 3 aliphatic heterocycles. The lowest BCUT2D eigenvalue weighted by Crippen LogP contribution is -2.77. The zero-order valence-corrected chi connectivity index (χ0v) is 25.9. The van der Waals surface area contributed by atoms with Crippen LogP contribution in [0.5, 0.6) is 17.2 Å². The zero-order valence-electron chi connectivity index (χ0n) is 25.9. The molecular weight excluding hydrogens is 520 g/mol. The van der Waals surface area contributed by atoms with E-state index in [0.29, 0.717) is 35.5 Å². The maximum absolute atomic E-state index is 14.8. The van der Waals surface area contributed by atoms with Gasteiger partial charge in [0.05, 0.1) is 5.60 Å². The molecule has 220 valence electrons. The Morgan fingerprint density at radius 3 is 2.34 bits per heavy atom. The molecule has 1 saturated carbocycles. The van der Waals surface area contributed by atoms with Crippen molar-refractivity contribution in [2.75, 3.05) is 7.11 Å². The molecule has 0 radical (unpaired) electrons. The highest BCUT2D eigenvalue weighted by atomic mass is 16.6. The monoisotopic (exact) mass is 562 g/mol. The lowest BCUT2D eigenvalue weighted by Gasteiger charge is -2.59. The number of rotatable bonds is 5. The SMILES string of the molecule is CO[C@@]12C=C3C(=O)c4c(O)c(CC=C(C)C)c5c(c4O[C@@]34[C@@H](C1)C(C)(C)O[C@@]4(CC=C(C)C)C2=O)C(C)(C)[C@H](C)O5. The van der Waals surface area contributed by atoms with E-state index in [1.807, 2.05) is 60.6 Å². The van der Waals surface area contributed by atoms with Crippen molar-refractivity contribution in [3.63, 3.8) is 0 Å². The van der Waals surface area contributed by atoms with Crippen molar-refractivity contribution >= 4 is 11.6 Å². The summed E-state index contributed by atoms with van der Waals surface area (Å²) in [7, 11) is 1.51. The van der Waals surface area contributed by atoms with E-state index < -0.39 is 27.8 Å². The van der Waals surface area contributed by atoms with E-state index in [0.717, 1.165) is 16.7 Å². The molecule has 5 atom stereocenters. The number of phenols is 1. The van der Waals surface area contributed by atoms with Crippen LogP contribution in [0.15, 0.2) is 34.9 Å². The first-order valence-electron chi connectivity index (χ1n) is 14.6. The second-order valence-electron chi connectivity index (χ2n) is 14.1. The number of allylic oxidation sites excluding steroid dienone is 3. The van der Waals surface area contributed by atoms with Crippen LogP contribution >= 0.6 is 0 Å². The van der Waals surface area contributed by atoms with E-state index in [9.17, 15) is 14.7 Å². The lowest BCUT2D eigenvalue weighted by molar-refractivity contribution is -0.190. The van der Waals surface area contributed by atoms with E-state index in [-0.39, 0.29) is 41.3 Å². The van der Waals surface area contributed by atoms with Crippen LogP contribution in [0.25, 0.3) is 0 Å². The Bertz CT molecular complexity index is 1500. The quantitative estimate of drug-likeness (QED) is 0.434. The molecule has 0 unspecified atom stereocenters. The summed E-state index contributed by atoms with van der Waals surface area (Å²) >= 11 is 0. The number of carbonyl (C=O) groups excluding carboxylic acids is 2. The molecule has 3 aliphatic carbocycles. The molecule has 1 aromatic rings. The van der Waals surface area contributed by atoms with Crippen molar-refractivity contribution in [2.45, 2.75) is 115 Å². The van der Waals surface area contributed by atoms with Crippen molar-refractivity contribution in [1.82, 2.24) is 0 Å². The standard InChI is InChI=1S/C34H42O7/c1-17(2)11-12-20-25(35)23-26(36)21-15-32(38-10)16-22-31(8,9)41-33(29(32)37,14-13-18(3)4)34(21,22)40-28(23)24-27(20)39-19(5)30(24,6)7/h11,13,15,19,22,35H,12,14,16H2,1-10H3/t19-,22-,32-,33-,34+/m0/s1. The highest BCUT2D eigenvalue weighted by Crippen LogP contribution is 2.70. The first kappa shape index (κ1) is 28.2. The Hall–Kier alpha value is -2.90. The summed E-state index contributed by atoms with van der Waals surface area (Å²) in [6.07, 6.45) is 6.41. The molecule has 3 heterocycles.